The molecule has 0 aliphatic carbocycles. The average Bonchev–Trinajstić information content (AvgIpc) is 3.05. The smallest absolute Gasteiger partial charge is 0.267 e. The maximum Gasteiger partial charge on any atom is 0.267 e. The Kier molecular flexibility index (Phi) is 33.4. The molecule has 0 fully saturated rings. The fourth-order valence-electron chi connectivity index (χ4n) is 6.12. The fourth-order valence-corrected chi connectivity index (χ4v) is 6.85. The molecule has 0 aromatic heterocycles. The molecule has 48 heavy (non-hydrogen) atoms. The number of aliphatic hydroxyl groups excluding tert-OH is 2. The normalized spacial score (nSPS) is 14.2. The molecule has 0 bridgehead atoms. The minimum absolute atomic E-state index is 0.278. The molecule has 284 valence electrons. The van der Waals surface area contributed by atoms with Crippen LogP contribution in [0.4, 0.5) is 0 Å². The predicted octanol–water partition coefficient (Wildman–Crippen LogP) is 10.5. The van der Waals surface area contributed by atoms with E-state index in [1.807, 2.05) is 0 Å². The molecule has 0 heterocycles. The number of hydrogen-bond donors (Lipinski definition) is 4. The highest BCUT2D eigenvalue weighted by Crippen LogP contribution is 2.15. The summed E-state index contributed by atoms with van der Waals surface area (Å²) >= 11 is 0. The third-order valence-electron chi connectivity index (χ3n) is 9.24. The fraction of sp³-hybridized carbons (Fsp3) is 0.875. The molecule has 4 N–H and O–H groups in total. The molecular weight excluding hydrogens is 623 g/mol. The topological polar surface area (TPSA) is 124 Å². The summed E-state index contributed by atoms with van der Waals surface area (Å²) < 4.78 is 32.4. The number of carbonyl (C=O) groups excluding carboxylic acids is 1. The Hall–Kier alpha value is -1.22. The van der Waals surface area contributed by atoms with Crippen molar-refractivity contribution in [2.75, 3.05) is 5.75 Å². The van der Waals surface area contributed by atoms with Crippen LogP contribution in [0.15, 0.2) is 24.3 Å². The van der Waals surface area contributed by atoms with Crippen LogP contribution in [0.3, 0.4) is 0 Å². The first kappa shape index (κ1) is 46.8. The van der Waals surface area contributed by atoms with E-state index in [1.54, 1.807) is 6.08 Å². The Balaban J connectivity index is 4.04. The number of allylic oxidation sites excluding steroid dienone is 3. The van der Waals surface area contributed by atoms with Gasteiger partial charge in [0.15, 0.2) is 0 Å². The molecule has 1 amide bonds. The Labute approximate surface area is 297 Å². The van der Waals surface area contributed by atoms with E-state index in [0.29, 0.717) is 12.8 Å². The van der Waals surface area contributed by atoms with Crippen LogP contribution in [0.25, 0.3) is 0 Å². The van der Waals surface area contributed by atoms with Crippen molar-refractivity contribution >= 4 is 16.0 Å². The van der Waals surface area contributed by atoms with Gasteiger partial charge in [0.25, 0.3) is 10.1 Å². The Morgan fingerprint density at radius 1 is 0.562 bits per heavy atom. The maximum atomic E-state index is 12.6. The maximum absolute atomic E-state index is 12.6. The predicted molar refractivity (Wildman–Crippen MR) is 204 cm³/mol. The van der Waals surface area contributed by atoms with Crippen molar-refractivity contribution in [2.24, 2.45) is 0 Å². The highest BCUT2D eigenvalue weighted by molar-refractivity contribution is 7.85. The second-order valence-electron chi connectivity index (χ2n) is 14.1. The lowest BCUT2D eigenvalue weighted by Crippen LogP contribution is -2.50. The van der Waals surface area contributed by atoms with E-state index in [0.717, 1.165) is 32.1 Å². The van der Waals surface area contributed by atoms with Gasteiger partial charge in [0.2, 0.25) is 5.91 Å². The number of nitrogens with one attached hydrogen (secondary N) is 1. The number of carbonyl (C=O) groups is 1. The molecule has 3 atom stereocenters. The van der Waals surface area contributed by atoms with Crippen molar-refractivity contribution in [3.05, 3.63) is 24.3 Å². The zero-order valence-electron chi connectivity index (χ0n) is 31.2. The van der Waals surface area contributed by atoms with Crippen LogP contribution in [0.1, 0.15) is 200 Å². The van der Waals surface area contributed by atoms with Crippen molar-refractivity contribution in [3.63, 3.8) is 0 Å². The SMILES string of the molecule is CCCCCCCCC/C=C/CC/C=C/C(O)C(CS(=O)(=O)O)NC(=O)C(O)CCCCCCCCCCCCCCCCCCCC. The molecule has 7 nitrogen and oxygen atoms in total. The largest absolute Gasteiger partial charge is 0.387 e. The molecule has 0 aliphatic heterocycles. The number of unbranched alkanes of at least 4 members (excludes halogenated alkanes) is 25. The molecular formula is C40H77NO6S. The first-order chi connectivity index (χ1) is 23.2. The minimum Gasteiger partial charge on any atom is -0.387 e. The molecule has 0 spiro atoms. The van der Waals surface area contributed by atoms with Gasteiger partial charge in [-0.25, -0.2) is 0 Å². The van der Waals surface area contributed by atoms with Gasteiger partial charge in [-0.05, 0) is 32.1 Å². The summed E-state index contributed by atoms with van der Waals surface area (Å²) in [5.74, 6) is -1.55. The first-order valence-electron chi connectivity index (χ1n) is 20.1. The van der Waals surface area contributed by atoms with E-state index in [1.165, 1.54) is 141 Å². The van der Waals surface area contributed by atoms with Crippen LogP contribution >= 0.6 is 0 Å². The van der Waals surface area contributed by atoms with Gasteiger partial charge in [-0.2, -0.15) is 8.42 Å². The molecule has 8 heteroatoms. The third-order valence-corrected chi connectivity index (χ3v) is 10.0. The van der Waals surface area contributed by atoms with Gasteiger partial charge in [0.05, 0.1) is 17.9 Å². The number of amides is 1. The molecule has 0 aromatic rings. The van der Waals surface area contributed by atoms with E-state index in [-0.39, 0.29) is 6.42 Å². The van der Waals surface area contributed by atoms with E-state index in [2.05, 4.69) is 31.3 Å². The molecule has 0 saturated carbocycles. The highest BCUT2D eigenvalue weighted by Gasteiger charge is 2.27. The summed E-state index contributed by atoms with van der Waals surface area (Å²) in [4.78, 5) is 12.6. The minimum atomic E-state index is -4.44. The van der Waals surface area contributed by atoms with Crippen LogP contribution in [-0.4, -0.2) is 53.1 Å². The van der Waals surface area contributed by atoms with Crippen LogP contribution in [0, 0.1) is 0 Å². The summed E-state index contributed by atoms with van der Waals surface area (Å²) in [7, 11) is -4.44. The Bertz CT molecular complexity index is 875. The highest BCUT2D eigenvalue weighted by atomic mass is 32.2. The molecule has 0 aromatic carbocycles. The van der Waals surface area contributed by atoms with Crippen molar-refractivity contribution in [1.82, 2.24) is 5.32 Å². The van der Waals surface area contributed by atoms with Gasteiger partial charge < -0.3 is 15.5 Å². The molecule has 0 aliphatic rings. The van der Waals surface area contributed by atoms with Gasteiger partial charge in [0.1, 0.15) is 6.10 Å². The quantitative estimate of drug-likeness (QED) is 0.0293. The van der Waals surface area contributed by atoms with Crippen molar-refractivity contribution < 1.29 is 28.0 Å². The second kappa shape index (κ2) is 34.2. The molecule has 3 unspecified atom stereocenters. The van der Waals surface area contributed by atoms with Crippen molar-refractivity contribution in [3.8, 4) is 0 Å². The average molecular weight is 700 g/mol. The zero-order valence-corrected chi connectivity index (χ0v) is 32.0. The van der Waals surface area contributed by atoms with Gasteiger partial charge in [0, 0.05) is 0 Å². The summed E-state index contributed by atoms with van der Waals surface area (Å²) in [5.41, 5.74) is 0. The lowest BCUT2D eigenvalue weighted by molar-refractivity contribution is -0.130. The lowest BCUT2D eigenvalue weighted by Gasteiger charge is -2.22. The van der Waals surface area contributed by atoms with E-state index < -0.39 is 40.0 Å². The number of aliphatic hydroxyl groups is 2. The standard InChI is InChI=1S/C40H77NO6S/c1-3-5-7-9-11-13-15-17-18-19-20-21-23-25-27-29-31-33-35-39(43)40(44)41-37(36-48(45,46)47)38(42)34-32-30-28-26-24-22-16-14-12-10-8-6-4-2/h24,26,32,34,37-39,42-43H,3-23,25,27-31,33,35-36H2,1-2H3,(H,41,44)(H,45,46,47)/b26-24+,34-32+. The van der Waals surface area contributed by atoms with Crippen molar-refractivity contribution in [1.29, 1.82) is 0 Å². The van der Waals surface area contributed by atoms with E-state index in [9.17, 15) is 28.0 Å². The Morgan fingerprint density at radius 2 is 0.938 bits per heavy atom. The van der Waals surface area contributed by atoms with Crippen LogP contribution in [0.2, 0.25) is 0 Å². The second-order valence-corrected chi connectivity index (χ2v) is 15.6. The molecule has 0 rings (SSSR count). The van der Waals surface area contributed by atoms with E-state index >= 15 is 0 Å². The molecule has 0 radical (unpaired) electrons. The Morgan fingerprint density at radius 3 is 1.38 bits per heavy atom. The van der Waals surface area contributed by atoms with Gasteiger partial charge >= 0.3 is 0 Å². The van der Waals surface area contributed by atoms with Gasteiger partial charge in [-0.1, -0.05) is 192 Å². The summed E-state index contributed by atoms with van der Waals surface area (Å²) in [6.07, 6.45) is 39.5. The summed E-state index contributed by atoms with van der Waals surface area (Å²) in [6.45, 7) is 4.49. The van der Waals surface area contributed by atoms with Crippen LogP contribution in [0.5, 0.6) is 0 Å². The van der Waals surface area contributed by atoms with Crippen LogP contribution < -0.4 is 5.32 Å². The zero-order chi connectivity index (χ0) is 35.6. The molecule has 0 saturated heterocycles. The summed E-state index contributed by atoms with van der Waals surface area (Å²) in [6, 6.07) is -1.24. The van der Waals surface area contributed by atoms with E-state index in [4.69, 9.17) is 0 Å². The first-order valence-corrected chi connectivity index (χ1v) is 21.8. The summed E-state index contributed by atoms with van der Waals surface area (Å²) in [5, 5.41) is 23.3. The monoisotopic (exact) mass is 700 g/mol. The van der Waals surface area contributed by atoms with Gasteiger partial charge in [-0.15, -0.1) is 0 Å². The van der Waals surface area contributed by atoms with Gasteiger partial charge in [-0.3, -0.25) is 9.35 Å². The third kappa shape index (κ3) is 33.3. The van der Waals surface area contributed by atoms with Crippen molar-refractivity contribution in [2.45, 2.75) is 218 Å². The number of rotatable bonds is 36. The number of hydrogen-bond acceptors (Lipinski definition) is 5. The lowest BCUT2D eigenvalue weighted by atomic mass is 10.0. The van der Waals surface area contributed by atoms with Crippen LogP contribution in [-0.2, 0) is 14.9 Å².